The molecule has 0 radical (unpaired) electrons. The van der Waals surface area contributed by atoms with Crippen LogP contribution in [-0.2, 0) is 9.53 Å². The van der Waals surface area contributed by atoms with Gasteiger partial charge in [0.2, 0.25) is 5.91 Å². The van der Waals surface area contributed by atoms with Gasteiger partial charge < -0.3 is 15.4 Å². The number of amides is 1. The summed E-state index contributed by atoms with van der Waals surface area (Å²) in [5.74, 6) is 2.64. The molecule has 0 saturated heterocycles. The van der Waals surface area contributed by atoms with Crippen molar-refractivity contribution in [1.82, 2.24) is 10.6 Å². The van der Waals surface area contributed by atoms with Crippen LogP contribution in [0.3, 0.4) is 0 Å². The summed E-state index contributed by atoms with van der Waals surface area (Å²) in [6, 6.07) is 8.09. The lowest BCUT2D eigenvalue weighted by molar-refractivity contribution is -0.217. The monoisotopic (exact) mass is 600 g/mol. The topological polar surface area (TPSA) is 67.4 Å². The molecule has 7 unspecified atom stereocenters. The second-order valence-electron chi connectivity index (χ2n) is 17.2. The van der Waals surface area contributed by atoms with Crippen molar-refractivity contribution in [2.24, 2.45) is 45.3 Å². The molecule has 0 heterocycles. The van der Waals surface area contributed by atoms with E-state index < -0.39 is 0 Å². The quantitative estimate of drug-likeness (QED) is 0.337. The standard InChI is InChI=1S/C39H56N2O3/c1-34(2)27(25-10-12-26(13-11-25)32(42)44-7)16-19-35(3)30(34)17-20-37(5)31(35)15-14-28-29-9-8-18-38(29,22-21-36(28,37)4)41-33(43)39(40-6)23-24-39/h10-13,16,28-31,40H,8-9,14-15,17-24H2,1-7H3,(H,41,43)/t28?,29?,30?,31?,35?,36-,37?,38?/m1/s1. The molecule has 6 aliphatic carbocycles. The van der Waals surface area contributed by atoms with E-state index in [9.17, 15) is 9.59 Å². The fourth-order valence-corrected chi connectivity index (χ4v) is 12.8. The van der Waals surface area contributed by atoms with E-state index in [0.29, 0.717) is 40.1 Å². The normalized spacial score (nSPS) is 42.9. The molecule has 1 aromatic rings. The van der Waals surface area contributed by atoms with E-state index in [0.717, 1.165) is 32.1 Å². The van der Waals surface area contributed by atoms with Gasteiger partial charge in [-0.25, -0.2) is 4.79 Å². The SMILES string of the molecule is CNC1(C(=O)NC23CCCC2C2CCC4C5(C)CC=C(c6ccc(C(=O)OC)cc6)C(C)(C)C5CCC4(C)[C@]2(C)CC3)CC1. The van der Waals surface area contributed by atoms with Crippen LogP contribution >= 0.6 is 0 Å². The molecule has 1 amide bonds. The Hall–Kier alpha value is -2.14. The van der Waals surface area contributed by atoms with Gasteiger partial charge in [-0.15, -0.1) is 0 Å². The Morgan fingerprint density at radius 3 is 2.18 bits per heavy atom. The third kappa shape index (κ3) is 3.99. The fourth-order valence-electron chi connectivity index (χ4n) is 12.8. The highest BCUT2D eigenvalue weighted by Crippen LogP contribution is 2.76. The number of carbonyl (C=O) groups is 2. The minimum atomic E-state index is -0.303. The van der Waals surface area contributed by atoms with E-state index in [-0.39, 0.29) is 33.8 Å². The molecule has 5 heteroatoms. The lowest BCUT2D eigenvalue weighted by Crippen LogP contribution is -2.68. The van der Waals surface area contributed by atoms with Crippen molar-refractivity contribution >= 4 is 17.4 Å². The highest BCUT2D eigenvalue weighted by Gasteiger charge is 2.70. The fraction of sp³-hybridized carbons (Fsp3) is 0.744. The van der Waals surface area contributed by atoms with E-state index in [1.807, 2.05) is 19.2 Å². The summed E-state index contributed by atoms with van der Waals surface area (Å²) >= 11 is 0. The van der Waals surface area contributed by atoms with Gasteiger partial charge in [-0.05, 0) is 146 Å². The number of ether oxygens (including phenoxy) is 1. The summed E-state index contributed by atoms with van der Waals surface area (Å²) in [6.07, 6.45) is 16.9. The zero-order chi connectivity index (χ0) is 31.3. The first-order chi connectivity index (χ1) is 20.8. The van der Waals surface area contributed by atoms with Crippen molar-refractivity contribution in [3.05, 3.63) is 41.5 Å². The second-order valence-corrected chi connectivity index (χ2v) is 17.2. The number of nitrogens with one attached hydrogen (secondary N) is 2. The van der Waals surface area contributed by atoms with E-state index >= 15 is 0 Å². The summed E-state index contributed by atoms with van der Waals surface area (Å²) in [7, 11) is 3.40. The van der Waals surface area contributed by atoms with Gasteiger partial charge in [-0.3, -0.25) is 4.79 Å². The van der Waals surface area contributed by atoms with Gasteiger partial charge in [0.15, 0.2) is 0 Å². The Bertz CT molecular complexity index is 1380. The average Bonchev–Trinajstić information content (AvgIpc) is 3.70. The van der Waals surface area contributed by atoms with Crippen LogP contribution in [0, 0.1) is 45.3 Å². The molecule has 6 aliphatic rings. The van der Waals surface area contributed by atoms with Crippen LogP contribution in [0.5, 0.6) is 0 Å². The molecule has 2 N–H and O–H groups in total. The number of likely N-dealkylation sites (N-methyl/N-ethyl adjacent to an activating group) is 1. The van der Waals surface area contributed by atoms with Crippen LogP contribution in [0.4, 0.5) is 0 Å². The first-order valence-electron chi connectivity index (χ1n) is 17.7. The zero-order valence-corrected chi connectivity index (χ0v) is 28.4. The minimum Gasteiger partial charge on any atom is -0.465 e. The van der Waals surface area contributed by atoms with Crippen molar-refractivity contribution < 1.29 is 14.3 Å². The maximum absolute atomic E-state index is 13.5. The average molecular weight is 601 g/mol. The van der Waals surface area contributed by atoms with Gasteiger partial charge in [0.05, 0.1) is 18.2 Å². The van der Waals surface area contributed by atoms with E-state index in [1.54, 1.807) is 0 Å². The molecular formula is C39H56N2O3. The Balaban J connectivity index is 1.17. The highest BCUT2D eigenvalue weighted by atomic mass is 16.5. The summed E-state index contributed by atoms with van der Waals surface area (Å²) < 4.78 is 4.94. The van der Waals surface area contributed by atoms with Crippen LogP contribution in [-0.4, -0.2) is 37.1 Å². The van der Waals surface area contributed by atoms with E-state index in [2.05, 4.69) is 63.5 Å². The number of allylic oxidation sites excluding steroid dienone is 2. The molecular weight excluding hydrogens is 544 g/mol. The second kappa shape index (κ2) is 9.93. The number of hydrogen-bond acceptors (Lipinski definition) is 4. The zero-order valence-electron chi connectivity index (χ0n) is 28.4. The Labute approximate surface area is 265 Å². The van der Waals surface area contributed by atoms with Gasteiger partial charge in [0.25, 0.3) is 0 Å². The molecule has 0 aliphatic heterocycles. The van der Waals surface area contributed by atoms with Gasteiger partial charge in [0, 0.05) is 5.54 Å². The first-order valence-corrected chi connectivity index (χ1v) is 17.7. The molecule has 44 heavy (non-hydrogen) atoms. The number of benzene rings is 1. The van der Waals surface area contributed by atoms with Gasteiger partial charge in [-0.1, -0.05) is 59.2 Å². The number of esters is 1. The predicted octanol–water partition coefficient (Wildman–Crippen LogP) is 7.94. The molecule has 0 spiro atoms. The van der Waals surface area contributed by atoms with Gasteiger partial charge in [0.1, 0.15) is 0 Å². The molecule has 0 bridgehead atoms. The largest absolute Gasteiger partial charge is 0.465 e. The Kier molecular flexibility index (Phi) is 6.88. The number of hydrogen-bond donors (Lipinski definition) is 2. The summed E-state index contributed by atoms with van der Waals surface area (Å²) in [4.78, 5) is 25.6. The molecule has 5 nitrogen and oxygen atoms in total. The van der Waals surface area contributed by atoms with Crippen molar-refractivity contribution in [2.45, 2.75) is 123 Å². The third-order valence-electron chi connectivity index (χ3n) is 15.6. The summed E-state index contributed by atoms with van der Waals surface area (Å²) in [6.45, 7) is 13.0. The molecule has 240 valence electrons. The van der Waals surface area contributed by atoms with E-state index in [4.69, 9.17) is 4.74 Å². The molecule has 0 aromatic heterocycles. The maximum Gasteiger partial charge on any atom is 0.337 e. The van der Waals surface area contributed by atoms with E-state index in [1.165, 1.54) is 63.2 Å². The lowest BCUT2D eigenvalue weighted by atomic mass is 9.33. The minimum absolute atomic E-state index is 0.00584. The first kappa shape index (κ1) is 30.5. The molecule has 1 aromatic carbocycles. The van der Waals surface area contributed by atoms with Gasteiger partial charge in [-0.2, -0.15) is 0 Å². The van der Waals surface area contributed by atoms with Crippen molar-refractivity contribution in [3.8, 4) is 0 Å². The van der Waals surface area contributed by atoms with Crippen molar-refractivity contribution in [3.63, 3.8) is 0 Å². The van der Waals surface area contributed by atoms with Crippen molar-refractivity contribution in [1.29, 1.82) is 0 Å². The van der Waals surface area contributed by atoms with Gasteiger partial charge >= 0.3 is 5.97 Å². The maximum atomic E-state index is 13.5. The number of fused-ring (bicyclic) bond motifs is 7. The number of rotatable bonds is 5. The van der Waals surface area contributed by atoms with Crippen LogP contribution in [0.15, 0.2) is 30.3 Å². The smallest absolute Gasteiger partial charge is 0.337 e. The van der Waals surface area contributed by atoms with Crippen LogP contribution < -0.4 is 10.6 Å². The molecule has 7 rings (SSSR count). The summed E-state index contributed by atoms with van der Waals surface area (Å²) in [5.41, 5.74) is 3.95. The Morgan fingerprint density at radius 2 is 1.52 bits per heavy atom. The Morgan fingerprint density at radius 1 is 0.795 bits per heavy atom. The van der Waals surface area contributed by atoms with Crippen LogP contribution in [0.25, 0.3) is 5.57 Å². The van der Waals surface area contributed by atoms with Crippen molar-refractivity contribution in [2.75, 3.05) is 14.2 Å². The molecule has 8 atom stereocenters. The predicted molar refractivity (Wildman–Crippen MR) is 176 cm³/mol. The molecule has 5 saturated carbocycles. The highest BCUT2D eigenvalue weighted by molar-refractivity contribution is 5.90. The van der Waals surface area contributed by atoms with Crippen LogP contribution in [0.1, 0.15) is 128 Å². The summed E-state index contributed by atoms with van der Waals surface area (Å²) in [5, 5.41) is 7.09. The molecule has 5 fully saturated rings. The lowest BCUT2D eigenvalue weighted by Gasteiger charge is -2.72. The number of methoxy groups -OCH3 is 1. The third-order valence-corrected chi connectivity index (χ3v) is 15.6. The van der Waals surface area contributed by atoms with Crippen LogP contribution in [0.2, 0.25) is 0 Å². The number of carbonyl (C=O) groups excluding carboxylic acids is 2.